The molecule has 170 valence electrons. The standard InChI is InChI=1S/C32H22N4/c1-17-33-29-23-9-5-3-7-21(23)27-15-19(11-13-25(27)31(29)35-17)20-12-14-26-28(16-20)22-8-4-6-10-24(22)30-32(26)36-18(2)34-30/h3-16H,1-2H3,(H,33,35)(H,34,36). The van der Waals surface area contributed by atoms with Crippen molar-refractivity contribution < 1.29 is 0 Å². The monoisotopic (exact) mass is 462 g/mol. The van der Waals surface area contributed by atoms with Crippen LogP contribution in [0.4, 0.5) is 0 Å². The molecule has 2 N–H and O–H groups in total. The first-order chi connectivity index (χ1) is 17.7. The van der Waals surface area contributed by atoms with Gasteiger partial charge < -0.3 is 9.97 Å². The Morgan fingerprint density at radius 3 is 1.31 bits per heavy atom. The summed E-state index contributed by atoms with van der Waals surface area (Å²) in [5.74, 6) is 1.88. The fourth-order valence-electron chi connectivity index (χ4n) is 5.94. The van der Waals surface area contributed by atoms with Crippen LogP contribution >= 0.6 is 0 Å². The van der Waals surface area contributed by atoms with Crippen LogP contribution in [-0.2, 0) is 0 Å². The second kappa shape index (κ2) is 6.92. The van der Waals surface area contributed by atoms with Crippen molar-refractivity contribution in [2.24, 2.45) is 0 Å². The molecule has 0 atom stereocenters. The minimum Gasteiger partial charge on any atom is -0.342 e. The Kier molecular flexibility index (Phi) is 3.77. The Bertz CT molecular complexity index is 2020. The number of aryl methyl sites for hydroxylation is 2. The van der Waals surface area contributed by atoms with Crippen molar-refractivity contribution in [2.75, 3.05) is 0 Å². The van der Waals surface area contributed by atoms with Crippen LogP contribution in [0.3, 0.4) is 0 Å². The lowest BCUT2D eigenvalue weighted by atomic mass is 9.93. The summed E-state index contributed by atoms with van der Waals surface area (Å²) in [4.78, 5) is 16.6. The predicted octanol–water partition coefficient (Wildman–Crippen LogP) is 8.34. The van der Waals surface area contributed by atoms with Crippen molar-refractivity contribution in [3.05, 3.63) is 96.6 Å². The number of benzene rings is 6. The fourth-order valence-corrected chi connectivity index (χ4v) is 5.94. The zero-order valence-electron chi connectivity index (χ0n) is 20.0. The average Bonchev–Trinajstić information content (AvgIpc) is 3.51. The van der Waals surface area contributed by atoms with Crippen LogP contribution in [0.15, 0.2) is 84.9 Å². The van der Waals surface area contributed by atoms with Gasteiger partial charge in [0.2, 0.25) is 0 Å². The van der Waals surface area contributed by atoms with Gasteiger partial charge >= 0.3 is 0 Å². The van der Waals surface area contributed by atoms with E-state index in [1.165, 1.54) is 54.2 Å². The summed E-state index contributed by atoms with van der Waals surface area (Å²) < 4.78 is 0. The van der Waals surface area contributed by atoms with E-state index in [1.54, 1.807) is 0 Å². The maximum atomic E-state index is 4.80. The number of hydrogen-bond acceptors (Lipinski definition) is 2. The number of aromatic amines is 2. The van der Waals surface area contributed by atoms with Gasteiger partial charge in [-0.25, -0.2) is 9.97 Å². The van der Waals surface area contributed by atoms with Crippen LogP contribution in [0.1, 0.15) is 11.6 Å². The Labute approximate surface area is 206 Å². The summed E-state index contributed by atoms with van der Waals surface area (Å²) in [6.07, 6.45) is 0. The van der Waals surface area contributed by atoms with Gasteiger partial charge in [0, 0.05) is 21.5 Å². The molecule has 0 spiro atoms. The summed E-state index contributed by atoms with van der Waals surface area (Å²) in [5, 5.41) is 9.71. The Morgan fingerprint density at radius 1 is 0.444 bits per heavy atom. The fraction of sp³-hybridized carbons (Fsp3) is 0.0625. The van der Waals surface area contributed by atoms with Gasteiger partial charge in [-0.3, -0.25) is 0 Å². The first kappa shape index (κ1) is 19.6. The number of H-pyrrole nitrogens is 2. The molecule has 2 aromatic heterocycles. The van der Waals surface area contributed by atoms with E-state index < -0.39 is 0 Å². The quantitative estimate of drug-likeness (QED) is 0.241. The lowest BCUT2D eigenvalue weighted by Gasteiger charge is -2.11. The number of rotatable bonds is 1. The van der Waals surface area contributed by atoms with Crippen molar-refractivity contribution in [1.82, 2.24) is 19.9 Å². The minimum atomic E-state index is 0.938. The summed E-state index contributed by atoms with van der Waals surface area (Å²) in [7, 11) is 0. The highest BCUT2D eigenvalue weighted by Gasteiger charge is 2.15. The third kappa shape index (κ3) is 2.58. The van der Waals surface area contributed by atoms with Gasteiger partial charge in [-0.1, -0.05) is 72.8 Å². The molecular formula is C32H22N4. The molecule has 4 heteroatoms. The van der Waals surface area contributed by atoms with E-state index in [0.29, 0.717) is 0 Å². The lowest BCUT2D eigenvalue weighted by Crippen LogP contribution is -1.86. The zero-order valence-corrected chi connectivity index (χ0v) is 20.0. The number of fused-ring (bicyclic) bond motifs is 12. The Hall–Kier alpha value is -4.70. The number of hydrogen-bond donors (Lipinski definition) is 2. The molecule has 4 nitrogen and oxygen atoms in total. The molecule has 36 heavy (non-hydrogen) atoms. The van der Waals surface area contributed by atoms with Crippen LogP contribution in [-0.4, -0.2) is 19.9 Å². The number of nitrogens with one attached hydrogen (secondary N) is 2. The molecule has 0 aliphatic heterocycles. The van der Waals surface area contributed by atoms with Crippen LogP contribution < -0.4 is 0 Å². The SMILES string of the molecule is Cc1nc2c3ccccc3c3cc(-c4ccc5c(c4)c4ccccc4c4nc(C)[nH]c54)ccc3c2[nH]1. The molecule has 2 heterocycles. The zero-order chi connectivity index (χ0) is 24.0. The molecule has 0 aliphatic rings. The first-order valence-electron chi connectivity index (χ1n) is 12.3. The molecule has 0 bridgehead atoms. The summed E-state index contributed by atoms with van der Waals surface area (Å²) >= 11 is 0. The van der Waals surface area contributed by atoms with Gasteiger partial charge in [0.15, 0.2) is 0 Å². The first-order valence-corrected chi connectivity index (χ1v) is 12.3. The maximum absolute atomic E-state index is 4.80. The van der Waals surface area contributed by atoms with E-state index in [-0.39, 0.29) is 0 Å². The molecule has 8 rings (SSSR count). The third-order valence-corrected chi connectivity index (χ3v) is 7.50. The van der Waals surface area contributed by atoms with E-state index in [2.05, 4.69) is 94.9 Å². The van der Waals surface area contributed by atoms with Crippen LogP contribution in [0.2, 0.25) is 0 Å². The van der Waals surface area contributed by atoms with Gasteiger partial charge in [0.25, 0.3) is 0 Å². The van der Waals surface area contributed by atoms with Crippen molar-refractivity contribution in [3.63, 3.8) is 0 Å². The number of imidazole rings is 2. The average molecular weight is 463 g/mol. The molecule has 0 amide bonds. The van der Waals surface area contributed by atoms with E-state index in [0.717, 1.165) is 33.7 Å². The molecule has 6 aromatic carbocycles. The van der Waals surface area contributed by atoms with Crippen LogP contribution in [0.5, 0.6) is 0 Å². The molecule has 0 unspecified atom stereocenters. The van der Waals surface area contributed by atoms with Gasteiger partial charge in [0.05, 0.1) is 22.1 Å². The van der Waals surface area contributed by atoms with E-state index in [1.807, 2.05) is 13.8 Å². The molecule has 0 aliphatic carbocycles. The predicted molar refractivity (Wildman–Crippen MR) is 151 cm³/mol. The highest BCUT2D eigenvalue weighted by molar-refractivity contribution is 6.25. The van der Waals surface area contributed by atoms with E-state index >= 15 is 0 Å². The second-order valence-corrected chi connectivity index (χ2v) is 9.70. The number of aromatic nitrogens is 4. The normalized spacial score (nSPS) is 12.2. The van der Waals surface area contributed by atoms with Gasteiger partial charge in [-0.2, -0.15) is 0 Å². The summed E-state index contributed by atoms with van der Waals surface area (Å²) in [6, 6.07) is 30.7. The lowest BCUT2D eigenvalue weighted by molar-refractivity contribution is 1.17. The number of nitrogens with zero attached hydrogens (tertiary/aromatic N) is 2. The molecule has 0 fully saturated rings. The van der Waals surface area contributed by atoms with Gasteiger partial charge in [0.1, 0.15) is 11.6 Å². The van der Waals surface area contributed by atoms with Crippen molar-refractivity contribution >= 4 is 65.2 Å². The molecule has 0 saturated heterocycles. The van der Waals surface area contributed by atoms with Crippen molar-refractivity contribution in [2.45, 2.75) is 13.8 Å². The molecule has 0 radical (unpaired) electrons. The van der Waals surface area contributed by atoms with Gasteiger partial charge in [-0.05, 0) is 58.7 Å². The largest absolute Gasteiger partial charge is 0.342 e. The van der Waals surface area contributed by atoms with E-state index in [4.69, 9.17) is 9.97 Å². The summed E-state index contributed by atoms with van der Waals surface area (Å²) in [5.41, 5.74) is 6.70. The smallest absolute Gasteiger partial charge is 0.104 e. The second-order valence-electron chi connectivity index (χ2n) is 9.70. The highest BCUT2D eigenvalue weighted by Crippen LogP contribution is 2.39. The van der Waals surface area contributed by atoms with Gasteiger partial charge in [-0.15, -0.1) is 0 Å². The minimum absolute atomic E-state index is 0.938. The van der Waals surface area contributed by atoms with E-state index in [9.17, 15) is 0 Å². The molecular weight excluding hydrogens is 440 g/mol. The third-order valence-electron chi connectivity index (χ3n) is 7.50. The Balaban J connectivity index is 1.45. The summed E-state index contributed by atoms with van der Waals surface area (Å²) in [6.45, 7) is 4.04. The topological polar surface area (TPSA) is 57.4 Å². The highest BCUT2D eigenvalue weighted by atomic mass is 14.9. The van der Waals surface area contributed by atoms with Crippen LogP contribution in [0, 0.1) is 13.8 Å². The molecule has 0 saturated carbocycles. The van der Waals surface area contributed by atoms with Crippen LogP contribution in [0.25, 0.3) is 76.3 Å². The Morgan fingerprint density at radius 2 is 0.861 bits per heavy atom. The van der Waals surface area contributed by atoms with Crippen molar-refractivity contribution in [3.8, 4) is 11.1 Å². The maximum Gasteiger partial charge on any atom is 0.104 e. The van der Waals surface area contributed by atoms with Crippen molar-refractivity contribution in [1.29, 1.82) is 0 Å². The molecule has 8 aromatic rings.